The maximum atomic E-state index is 12.5. The zero-order valence-electron chi connectivity index (χ0n) is 13.6. The van der Waals surface area contributed by atoms with Gasteiger partial charge < -0.3 is 5.32 Å². The maximum absolute atomic E-state index is 12.5. The lowest BCUT2D eigenvalue weighted by atomic mass is 10.1. The second kappa shape index (κ2) is 6.45. The fourth-order valence-corrected chi connectivity index (χ4v) is 2.86. The number of nitrogens with one attached hydrogen (secondary N) is 1. The normalized spacial score (nSPS) is 10.8. The third-order valence-corrected chi connectivity index (χ3v) is 4.21. The number of amides is 1. The molecule has 3 aromatic rings. The van der Waals surface area contributed by atoms with Gasteiger partial charge in [-0.2, -0.15) is 10.2 Å². The van der Waals surface area contributed by atoms with E-state index >= 15 is 0 Å². The molecule has 1 aromatic carbocycles. The minimum absolute atomic E-state index is 0.141. The quantitative estimate of drug-likeness (QED) is 0.788. The van der Waals surface area contributed by atoms with E-state index < -0.39 is 0 Å². The molecule has 2 aromatic heterocycles. The van der Waals surface area contributed by atoms with Crippen molar-refractivity contribution in [3.63, 3.8) is 0 Å². The Balaban J connectivity index is 1.87. The van der Waals surface area contributed by atoms with E-state index in [4.69, 9.17) is 11.6 Å². The number of hydrogen-bond donors (Lipinski definition) is 1. The van der Waals surface area contributed by atoms with Crippen LogP contribution in [0, 0.1) is 13.8 Å². The Labute approximate surface area is 144 Å². The summed E-state index contributed by atoms with van der Waals surface area (Å²) in [6, 6.07) is 5.30. The highest BCUT2D eigenvalue weighted by atomic mass is 35.5. The van der Waals surface area contributed by atoms with Crippen LogP contribution in [0.3, 0.4) is 0 Å². The number of anilines is 1. The summed E-state index contributed by atoms with van der Waals surface area (Å²) < 4.78 is 3.30. The number of aromatic nitrogens is 5. The van der Waals surface area contributed by atoms with Gasteiger partial charge in [0.05, 0.1) is 22.8 Å². The van der Waals surface area contributed by atoms with Crippen LogP contribution in [0.15, 0.2) is 30.9 Å². The highest BCUT2D eigenvalue weighted by Gasteiger charge is 2.16. The van der Waals surface area contributed by atoms with E-state index in [1.807, 2.05) is 20.9 Å². The molecular weight excluding hydrogens is 328 g/mol. The molecule has 0 fully saturated rings. The fraction of sp³-hybridized carbons (Fsp3) is 0.250. The van der Waals surface area contributed by atoms with E-state index in [1.165, 1.54) is 17.3 Å². The van der Waals surface area contributed by atoms with Crippen LogP contribution in [-0.2, 0) is 18.3 Å². The summed E-state index contributed by atoms with van der Waals surface area (Å²) in [5.41, 5.74) is 3.93. The third-order valence-electron chi connectivity index (χ3n) is 3.90. The molecular formula is C16H17ClN6O. The van der Waals surface area contributed by atoms with Crippen molar-refractivity contribution < 1.29 is 4.79 Å². The summed E-state index contributed by atoms with van der Waals surface area (Å²) in [6.07, 6.45) is 3.19. The molecule has 0 aliphatic rings. The highest BCUT2D eigenvalue weighted by Crippen LogP contribution is 2.28. The second-order valence-electron chi connectivity index (χ2n) is 5.47. The average Bonchev–Trinajstić information content (AvgIpc) is 3.12. The molecule has 0 aliphatic carbocycles. The SMILES string of the molecule is Cc1nn(C)c(C)c1CC(=O)Nc1cccc(Cl)c1-n1cncn1. The van der Waals surface area contributed by atoms with E-state index in [1.54, 1.807) is 22.9 Å². The molecule has 0 saturated carbocycles. The van der Waals surface area contributed by atoms with Gasteiger partial charge in [-0.25, -0.2) is 9.67 Å². The summed E-state index contributed by atoms with van der Waals surface area (Å²) in [5, 5.41) is 11.8. The van der Waals surface area contributed by atoms with Crippen LogP contribution >= 0.6 is 11.6 Å². The summed E-state index contributed by atoms with van der Waals surface area (Å²) in [4.78, 5) is 16.4. The molecule has 24 heavy (non-hydrogen) atoms. The van der Waals surface area contributed by atoms with Crippen LogP contribution < -0.4 is 5.32 Å². The molecule has 7 nitrogen and oxygen atoms in total. The van der Waals surface area contributed by atoms with E-state index in [9.17, 15) is 4.79 Å². The molecule has 0 aliphatic heterocycles. The van der Waals surface area contributed by atoms with Gasteiger partial charge in [0.25, 0.3) is 0 Å². The van der Waals surface area contributed by atoms with E-state index in [0.29, 0.717) is 16.4 Å². The minimum Gasteiger partial charge on any atom is -0.324 e. The van der Waals surface area contributed by atoms with E-state index in [-0.39, 0.29) is 12.3 Å². The number of carbonyl (C=O) groups is 1. The van der Waals surface area contributed by atoms with Gasteiger partial charge in [-0.15, -0.1) is 0 Å². The second-order valence-corrected chi connectivity index (χ2v) is 5.88. The molecule has 1 amide bonds. The topological polar surface area (TPSA) is 77.6 Å². The van der Waals surface area contributed by atoms with Gasteiger partial charge in [0, 0.05) is 18.3 Å². The van der Waals surface area contributed by atoms with Crippen molar-refractivity contribution in [1.29, 1.82) is 0 Å². The molecule has 3 rings (SSSR count). The van der Waals surface area contributed by atoms with Crippen LogP contribution in [-0.4, -0.2) is 30.5 Å². The summed E-state index contributed by atoms with van der Waals surface area (Å²) in [5.74, 6) is -0.141. The molecule has 1 N–H and O–H groups in total. The van der Waals surface area contributed by atoms with Crippen LogP contribution in [0.5, 0.6) is 0 Å². The van der Waals surface area contributed by atoms with E-state index in [0.717, 1.165) is 17.0 Å². The zero-order valence-corrected chi connectivity index (χ0v) is 14.4. The van der Waals surface area contributed by atoms with Gasteiger partial charge in [-0.05, 0) is 26.0 Å². The van der Waals surface area contributed by atoms with Crippen molar-refractivity contribution in [2.75, 3.05) is 5.32 Å². The number of carbonyl (C=O) groups excluding carboxylic acids is 1. The van der Waals surface area contributed by atoms with Crippen molar-refractivity contribution in [3.8, 4) is 5.69 Å². The standard InChI is InChI=1S/C16H17ClN6O/c1-10-12(11(2)22(3)21-10)7-15(24)20-14-6-4-5-13(17)16(14)23-9-18-8-19-23/h4-6,8-9H,7H2,1-3H3,(H,20,24). The number of benzene rings is 1. The lowest BCUT2D eigenvalue weighted by molar-refractivity contribution is -0.115. The Hall–Kier alpha value is -2.67. The number of halogens is 1. The van der Waals surface area contributed by atoms with Crippen molar-refractivity contribution in [2.45, 2.75) is 20.3 Å². The fourth-order valence-electron chi connectivity index (χ4n) is 2.60. The first-order valence-electron chi connectivity index (χ1n) is 7.40. The van der Waals surface area contributed by atoms with Crippen molar-refractivity contribution in [2.24, 2.45) is 7.05 Å². The van der Waals surface area contributed by atoms with Gasteiger partial charge in [-0.1, -0.05) is 17.7 Å². The Bertz CT molecular complexity index is 884. The summed E-state index contributed by atoms with van der Waals surface area (Å²) >= 11 is 6.27. The third kappa shape index (κ3) is 3.03. The first kappa shape index (κ1) is 16.2. The van der Waals surface area contributed by atoms with Gasteiger partial charge in [0.15, 0.2) is 0 Å². The molecule has 0 unspecified atom stereocenters. The monoisotopic (exact) mass is 344 g/mol. The van der Waals surface area contributed by atoms with E-state index in [2.05, 4.69) is 20.5 Å². The van der Waals surface area contributed by atoms with Gasteiger partial charge >= 0.3 is 0 Å². The molecule has 0 radical (unpaired) electrons. The molecule has 124 valence electrons. The van der Waals surface area contributed by atoms with Gasteiger partial charge in [0.1, 0.15) is 18.3 Å². The van der Waals surface area contributed by atoms with Crippen LogP contribution in [0.25, 0.3) is 5.69 Å². The molecule has 0 saturated heterocycles. The number of para-hydroxylation sites is 1. The van der Waals surface area contributed by atoms with Crippen LogP contribution in [0.4, 0.5) is 5.69 Å². The summed E-state index contributed by atoms with van der Waals surface area (Å²) in [6.45, 7) is 3.85. The molecule has 0 atom stereocenters. The predicted octanol–water partition coefficient (Wildman–Crippen LogP) is 2.45. The Kier molecular flexibility index (Phi) is 4.35. The first-order valence-corrected chi connectivity index (χ1v) is 7.77. The first-order chi connectivity index (χ1) is 11.5. The average molecular weight is 345 g/mol. The Morgan fingerprint density at radius 2 is 2.12 bits per heavy atom. The smallest absolute Gasteiger partial charge is 0.228 e. The number of nitrogens with zero attached hydrogens (tertiary/aromatic N) is 5. The van der Waals surface area contributed by atoms with Crippen LogP contribution in [0.1, 0.15) is 17.0 Å². The van der Waals surface area contributed by atoms with Crippen molar-refractivity contribution >= 4 is 23.2 Å². The largest absolute Gasteiger partial charge is 0.324 e. The van der Waals surface area contributed by atoms with Gasteiger partial charge in [-0.3, -0.25) is 9.48 Å². The Morgan fingerprint density at radius 1 is 1.33 bits per heavy atom. The zero-order chi connectivity index (χ0) is 17.3. The number of aryl methyl sites for hydroxylation is 2. The molecule has 8 heteroatoms. The summed E-state index contributed by atoms with van der Waals surface area (Å²) in [7, 11) is 1.86. The Morgan fingerprint density at radius 3 is 2.75 bits per heavy atom. The van der Waals surface area contributed by atoms with Gasteiger partial charge in [0.2, 0.25) is 5.91 Å². The van der Waals surface area contributed by atoms with Crippen molar-refractivity contribution in [1.82, 2.24) is 24.5 Å². The lowest BCUT2D eigenvalue weighted by Gasteiger charge is -2.12. The molecule has 0 spiro atoms. The minimum atomic E-state index is -0.141. The van der Waals surface area contributed by atoms with Crippen molar-refractivity contribution in [3.05, 3.63) is 52.8 Å². The lowest BCUT2D eigenvalue weighted by Crippen LogP contribution is -2.17. The number of hydrogen-bond acceptors (Lipinski definition) is 4. The predicted molar refractivity (Wildman–Crippen MR) is 91.4 cm³/mol. The molecule has 2 heterocycles. The van der Waals surface area contributed by atoms with Crippen LogP contribution in [0.2, 0.25) is 5.02 Å². The maximum Gasteiger partial charge on any atom is 0.228 e. The highest BCUT2D eigenvalue weighted by molar-refractivity contribution is 6.33. The molecule has 0 bridgehead atoms. The number of rotatable bonds is 4.